The number of nitrogens with zero attached hydrogens (tertiary/aromatic N) is 1. The quantitative estimate of drug-likeness (QED) is 0.775. The Morgan fingerprint density at radius 3 is 1.91 bits per heavy atom. The highest BCUT2D eigenvalue weighted by Gasteiger charge is 2.17. The zero-order chi connectivity index (χ0) is 16.8. The van der Waals surface area contributed by atoms with Crippen molar-refractivity contribution in [2.75, 3.05) is 39.9 Å². The molecule has 0 aliphatic rings. The molecular weight excluding hydrogens is 294 g/mol. The van der Waals surface area contributed by atoms with Gasteiger partial charge in [0.05, 0.1) is 28.4 Å². The zero-order valence-corrected chi connectivity index (χ0v) is 14.3. The van der Waals surface area contributed by atoms with Crippen molar-refractivity contribution in [3.8, 4) is 23.0 Å². The molecule has 2 aromatic rings. The molecule has 2 rings (SSSR count). The number of anilines is 2. The normalized spacial score (nSPS) is 10.1. The van der Waals surface area contributed by atoms with E-state index in [9.17, 15) is 0 Å². The fourth-order valence-electron chi connectivity index (χ4n) is 2.52. The van der Waals surface area contributed by atoms with Gasteiger partial charge in [-0.1, -0.05) is 6.07 Å². The van der Waals surface area contributed by atoms with Crippen LogP contribution >= 0.6 is 0 Å². The Morgan fingerprint density at radius 2 is 1.43 bits per heavy atom. The molecular formula is C18H23NO4. The SMILES string of the molecule is CCN(c1cccc(OC)c1)c1cc(OC)c(OC)c(OC)c1. The van der Waals surface area contributed by atoms with Crippen LogP contribution in [0.1, 0.15) is 6.92 Å². The zero-order valence-electron chi connectivity index (χ0n) is 14.3. The van der Waals surface area contributed by atoms with Crippen molar-refractivity contribution in [2.45, 2.75) is 6.92 Å². The van der Waals surface area contributed by atoms with Gasteiger partial charge in [0.15, 0.2) is 11.5 Å². The monoisotopic (exact) mass is 317 g/mol. The first-order valence-corrected chi connectivity index (χ1v) is 7.40. The average Bonchev–Trinajstić information content (AvgIpc) is 2.61. The Kier molecular flexibility index (Phi) is 5.57. The summed E-state index contributed by atoms with van der Waals surface area (Å²) in [5.41, 5.74) is 1.98. The van der Waals surface area contributed by atoms with Crippen LogP contribution in [0.3, 0.4) is 0 Å². The van der Waals surface area contributed by atoms with E-state index >= 15 is 0 Å². The van der Waals surface area contributed by atoms with Gasteiger partial charge in [-0.2, -0.15) is 0 Å². The Bertz CT molecular complexity index is 632. The van der Waals surface area contributed by atoms with E-state index in [1.54, 1.807) is 28.4 Å². The maximum Gasteiger partial charge on any atom is 0.203 e. The van der Waals surface area contributed by atoms with E-state index < -0.39 is 0 Å². The molecule has 0 unspecified atom stereocenters. The number of hydrogen-bond donors (Lipinski definition) is 0. The van der Waals surface area contributed by atoms with Gasteiger partial charge in [-0.25, -0.2) is 0 Å². The molecule has 0 aliphatic carbocycles. The molecule has 0 fully saturated rings. The molecule has 0 saturated heterocycles. The standard InChI is InChI=1S/C18H23NO4/c1-6-19(13-8-7-9-15(10-13)20-2)14-11-16(21-3)18(23-5)17(12-14)22-4/h7-12H,6H2,1-5H3. The molecule has 0 bridgehead atoms. The number of ether oxygens (including phenoxy) is 4. The van der Waals surface area contributed by atoms with E-state index in [-0.39, 0.29) is 0 Å². The van der Waals surface area contributed by atoms with Crippen LogP contribution in [-0.2, 0) is 0 Å². The Hall–Kier alpha value is -2.56. The van der Waals surface area contributed by atoms with Crippen LogP contribution in [0, 0.1) is 0 Å². The molecule has 2 aromatic carbocycles. The second-order valence-corrected chi connectivity index (χ2v) is 4.83. The molecule has 0 spiro atoms. The second-order valence-electron chi connectivity index (χ2n) is 4.83. The van der Waals surface area contributed by atoms with Crippen molar-refractivity contribution >= 4 is 11.4 Å². The van der Waals surface area contributed by atoms with E-state index in [4.69, 9.17) is 18.9 Å². The molecule has 0 radical (unpaired) electrons. The second kappa shape index (κ2) is 7.63. The van der Waals surface area contributed by atoms with Crippen LogP contribution in [0.5, 0.6) is 23.0 Å². The molecule has 0 aromatic heterocycles. The summed E-state index contributed by atoms with van der Waals surface area (Å²) in [7, 11) is 6.49. The van der Waals surface area contributed by atoms with E-state index in [0.29, 0.717) is 17.2 Å². The molecule has 0 aliphatic heterocycles. The van der Waals surface area contributed by atoms with Crippen LogP contribution in [0.4, 0.5) is 11.4 Å². The van der Waals surface area contributed by atoms with Crippen LogP contribution in [0.25, 0.3) is 0 Å². The molecule has 5 nitrogen and oxygen atoms in total. The Labute approximate surface area is 137 Å². The van der Waals surface area contributed by atoms with Gasteiger partial charge in [-0.3, -0.25) is 0 Å². The van der Waals surface area contributed by atoms with Crippen LogP contribution in [0.15, 0.2) is 36.4 Å². The van der Waals surface area contributed by atoms with Crippen LogP contribution in [-0.4, -0.2) is 35.0 Å². The fourth-order valence-corrected chi connectivity index (χ4v) is 2.52. The van der Waals surface area contributed by atoms with Crippen molar-refractivity contribution in [1.82, 2.24) is 0 Å². The Balaban J connectivity index is 2.52. The summed E-state index contributed by atoms with van der Waals surface area (Å²) in [6.45, 7) is 2.87. The molecule has 23 heavy (non-hydrogen) atoms. The van der Waals surface area contributed by atoms with Crippen LogP contribution in [0.2, 0.25) is 0 Å². The lowest BCUT2D eigenvalue weighted by Crippen LogP contribution is -2.16. The van der Waals surface area contributed by atoms with Gasteiger partial charge < -0.3 is 23.8 Å². The molecule has 0 atom stereocenters. The first-order chi connectivity index (χ1) is 11.2. The minimum absolute atomic E-state index is 0.584. The highest BCUT2D eigenvalue weighted by Crippen LogP contribution is 2.42. The van der Waals surface area contributed by atoms with Gasteiger partial charge in [-0.05, 0) is 19.1 Å². The minimum Gasteiger partial charge on any atom is -0.497 e. The smallest absolute Gasteiger partial charge is 0.203 e. The van der Waals surface area contributed by atoms with Gasteiger partial charge in [0.1, 0.15) is 5.75 Å². The van der Waals surface area contributed by atoms with Crippen molar-refractivity contribution < 1.29 is 18.9 Å². The summed E-state index contributed by atoms with van der Waals surface area (Å²) in [4.78, 5) is 2.15. The van der Waals surface area contributed by atoms with E-state index in [0.717, 1.165) is 23.7 Å². The summed E-state index contributed by atoms with van der Waals surface area (Å²) < 4.78 is 21.6. The van der Waals surface area contributed by atoms with Crippen molar-refractivity contribution in [3.05, 3.63) is 36.4 Å². The lowest BCUT2D eigenvalue weighted by atomic mass is 10.2. The maximum atomic E-state index is 5.44. The number of hydrogen-bond acceptors (Lipinski definition) is 5. The summed E-state index contributed by atoms with van der Waals surface area (Å²) in [5.74, 6) is 2.65. The largest absolute Gasteiger partial charge is 0.497 e. The minimum atomic E-state index is 0.584. The number of benzene rings is 2. The van der Waals surface area contributed by atoms with Crippen LogP contribution < -0.4 is 23.8 Å². The third-order valence-corrected chi connectivity index (χ3v) is 3.64. The lowest BCUT2D eigenvalue weighted by molar-refractivity contribution is 0.324. The topological polar surface area (TPSA) is 40.2 Å². The Morgan fingerprint density at radius 1 is 0.783 bits per heavy atom. The predicted octanol–water partition coefficient (Wildman–Crippen LogP) is 3.88. The third-order valence-electron chi connectivity index (χ3n) is 3.64. The van der Waals surface area contributed by atoms with Gasteiger partial charge in [-0.15, -0.1) is 0 Å². The van der Waals surface area contributed by atoms with Crippen molar-refractivity contribution in [1.29, 1.82) is 0 Å². The van der Waals surface area contributed by atoms with Gasteiger partial charge in [0, 0.05) is 36.1 Å². The first-order valence-electron chi connectivity index (χ1n) is 7.40. The molecule has 0 N–H and O–H groups in total. The lowest BCUT2D eigenvalue weighted by Gasteiger charge is -2.25. The highest BCUT2D eigenvalue weighted by atomic mass is 16.5. The first kappa shape index (κ1) is 16.8. The summed E-state index contributed by atoms with van der Waals surface area (Å²) in [6.07, 6.45) is 0. The summed E-state index contributed by atoms with van der Waals surface area (Å²) in [5, 5.41) is 0. The van der Waals surface area contributed by atoms with E-state index in [1.807, 2.05) is 36.4 Å². The van der Waals surface area contributed by atoms with E-state index in [2.05, 4.69) is 11.8 Å². The maximum absolute atomic E-state index is 5.44. The van der Waals surface area contributed by atoms with Crippen molar-refractivity contribution in [2.24, 2.45) is 0 Å². The predicted molar refractivity (Wildman–Crippen MR) is 91.8 cm³/mol. The van der Waals surface area contributed by atoms with E-state index in [1.165, 1.54) is 0 Å². The molecule has 0 amide bonds. The highest BCUT2D eigenvalue weighted by molar-refractivity contribution is 5.70. The number of methoxy groups -OCH3 is 4. The van der Waals surface area contributed by atoms with Gasteiger partial charge >= 0.3 is 0 Å². The van der Waals surface area contributed by atoms with Crippen molar-refractivity contribution in [3.63, 3.8) is 0 Å². The average molecular weight is 317 g/mol. The summed E-state index contributed by atoms with van der Waals surface area (Å²) in [6, 6.07) is 11.8. The van der Waals surface area contributed by atoms with Gasteiger partial charge in [0.25, 0.3) is 0 Å². The molecule has 5 heteroatoms. The molecule has 0 heterocycles. The fraction of sp³-hybridized carbons (Fsp3) is 0.333. The molecule has 124 valence electrons. The molecule has 0 saturated carbocycles. The summed E-state index contributed by atoms with van der Waals surface area (Å²) >= 11 is 0. The van der Waals surface area contributed by atoms with Gasteiger partial charge in [0.2, 0.25) is 5.75 Å². The number of rotatable bonds is 7. The third kappa shape index (κ3) is 3.44.